The molecule has 0 unspecified atom stereocenters. The molecule has 0 saturated carbocycles. The number of aldehydes is 1. The Morgan fingerprint density at radius 3 is 2.81 bits per heavy atom. The summed E-state index contributed by atoms with van der Waals surface area (Å²) in [6.45, 7) is 2.59. The normalized spacial score (nSPS) is 10.7. The van der Waals surface area contributed by atoms with Crippen LogP contribution in [0.25, 0.3) is 22.3 Å². The van der Waals surface area contributed by atoms with E-state index in [2.05, 4.69) is 0 Å². The van der Waals surface area contributed by atoms with Crippen LogP contribution in [0.3, 0.4) is 0 Å². The third-order valence-corrected chi connectivity index (χ3v) is 3.92. The van der Waals surface area contributed by atoms with E-state index in [1.165, 1.54) is 0 Å². The van der Waals surface area contributed by atoms with Crippen molar-refractivity contribution in [2.24, 2.45) is 0 Å². The summed E-state index contributed by atoms with van der Waals surface area (Å²) >= 11 is 0. The lowest BCUT2D eigenvalue weighted by Crippen LogP contribution is -2.07. The molecule has 1 heterocycles. The first-order valence-electron chi connectivity index (χ1n) is 8.58. The summed E-state index contributed by atoms with van der Waals surface area (Å²) in [6, 6.07) is 14.8. The number of fused-ring (bicyclic) bond motifs is 1. The van der Waals surface area contributed by atoms with E-state index in [-0.39, 0.29) is 5.97 Å². The number of rotatable bonds is 8. The molecule has 134 valence electrons. The van der Waals surface area contributed by atoms with Crippen LogP contribution in [0.15, 0.2) is 52.9 Å². The Labute approximate surface area is 151 Å². The summed E-state index contributed by atoms with van der Waals surface area (Å²) in [5.74, 6) is 1.14. The highest BCUT2D eigenvalue weighted by Crippen LogP contribution is 2.34. The second-order valence-corrected chi connectivity index (χ2v) is 5.78. The van der Waals surface area contributed by atoms with Crippen LogP contribution in [0.4, 0.5) is 0 Å². The van der Waals surface area contributed by atoms with Gasteiger partial charge in [-0.25, -0.2) is 0 Å². The molecule has 0 radical (unpaired) electrons. The van der Waals surface area contributed by atoms with E-state index in [0.717, 1.165) is 17.2 Å². The number of benzene rings is 2. The summed E-state index contributed by atoms with van der Waals surface area (Å²) < 4.78 is 16.6. The summed E-state index contributed by atoms with van der Waals surface area (Å²) in [4.78, 5) is 22.3. The second kappa shape index (κ2) is 8.34. The monoisotopic (exact) mass is 352 g/mol. The largest absolute Gasteiger partial charge is 0.493 e. The summed E-state index contributed by atoms with van der Waals surface area (Å²) in [5, 5.41) is 0.919. The fraction of sp³-hybridized carbons (Fsp3) is 0.238. The predicted molar refractivity (Wildman–Crippen MR) is 98.4 cm³/mol. The second-order valence-electron chi connectivity index (χ2n) is 5.78. The van der Waals surface area contributed by atoms with Gasteiger partial charge >= 0.3 is 5.97 Å². The van der Waals surface area contributed by atoms with E-state index in [4.69, 9.17) is 13.9 Å². The van der Waals surface area contributed by atoms with Gasteiger partial charge in [0.05, 0.1) is 18.8 Å². The van der Waals surface area contributed by atoms with Crippen LogP contribution in [0.1, 0.15) is 30.1 Å². The molecule has 0 aliphatic carbocycles. The molecule has 5 nitrogen and oxygen atoms in total. The Bertz CT molecular complexity index is 910. The maximum absolute atomic E-state index is 11.4. The summed E-state index contributed by atoms with van der Waals surface area (Å²) in [7, 11) is 0. The zero-order valence-corrected chi connectivity index (χ0v) is 14.6. The average Bonchev–Trinajstić information content (AvgIpc) is 3.08. The smallest absolute Gasteiger partial charge is 0.305 e. The maximum Gasteiger partial charge on any atom is 0.305 e. The first-order valence-corrected chi connectivity index (χ1v) is 8.58. The standard InChI is InChI=1S/C21H20O5/c1-2-24-21(23)8-5-11-25-18-7-4-3-6-17(18)20-13-16-10-9-15(14-22)12-19(16)26-20/h3-4,6-7,9-10,12-14H,2,5,8,11H2,1H3. The molecular weight excluding hydrogens is 332 g/mol. The van der Waals surface area contributed by atoms with E-state index >= 15 is 0 Å². The Kier molecular flexibility index (Phi) is 5.69. The van der Waals surface area contributed by atoms with E-state index in [9.17, 15) is 9.59 Å². The quantitative estimate of drug-likeness (QED) is 0.336. The molecule has 5 heteroatoms. The summed E-state index contributed by atoms with van der Waals surface area (Å²) in [6.07, 6.45) is 1.70. The number of carbonyl (C=O) groups excluding carboxylic acids is 2. The van der Waals surface area contributed by atoms with Crippen molar-refractivity contribution in [2.45, 2.75) is 19.8 Å². The van der Waals surface area contributed by atoms with Crippen molar-refractivity contribution in [1.29, 1.82) is 0 Å². The molecular formula is C21H20O5. The SMILES string of the molecule is CCOC(=O)CCCOc1ccccc1-c1cc2ccc(C=O)cc2o1. The molecule has 0 fully saturated rings. The highest BCUT2D eigenvalue weighted by molar-refractivity contribution is 5.89. The van der Waals surface area contributed by atoms with E-state index in [0.29, 0.717) is 48.7 Å². The van der Waals surface area contributed by atoms with Gasteiger partial charge < -0.3 is 13.9 Å². The first-order chi connectivity index (χ1) is 12.7. The van der Waals surface area contributed by atoms with E-state index in [1.54, 1.807) is 19.1 Å². The van der Waals surface area contributed by atoms with Gasteiger partial charge in [0, 0.05) is 17.4 Å². The number of furan rings is 1. The third kappa shape index (κ3) is 4.11. The van der Waals surface area contributed by atoms with Gasteiger partial charge in [0.2, 0.25) is 0 Å². The fourth-order valence-corrected chi connectivity index (χ4v) is 2.68. The molecule has 0 bridgehead atoms. The molecule has 1 aromatic heterocycles. The number of carbonyl (C=O) groups is 2. The van der Waals surface area contributed by atoms with Gasteiger partial charge in [-0.05, 0) is 37.6 Å². The molecule has 0 spiro atoms. The lowest BCUT2D eigenvalue weighted by Gasteiger charge is -2.09. The van der Waals surface area contributed by atoms with Crippen LogP contribution < -0.4 is 4.74 Å². The Morgan fingerprint density at radius 2 is 2.00 bits per heavy atom. The van der Waals surface area contributed by atoms with Crippen LogP contribution >= 0.6 is 0 Å². The number of ether oxygens (including phenoxy) is 2. The Balaban J connectivity index is 1.74. The van der Waals surface area contributed by atoms with Crippen molar-refractivity contribution in [2.75, 3.05) is 13.2 Å². The molecule has 0 atom stereocenters. The van der Waals surface area contributed by atoms with Crippen molar-refractivity contribution in [3.8, 4) is 17.1 Å². The Hall–Kier alpha value is -3.08. The minimum absolute atomic E-state index is 0.215. The first kappa shape index (κ1) is 17.7. The zero-order chi connectivity index (χ0) is 18.4. The lowest BCUT2D eigenvalue weighted by molar-refractivity contribution is -0.143. The maximum atomic E-state index is 11.4. The van der Waals surface area contributed by atoms with Gasteiger partial charge in [-0.3, -0.25) is 9.59 Å². The molecule has 3 rings (SSSR count). The predicted octanol–water partition coefficient (Wildman–Crippen LogP) is 4.63. The van der Waals surface area contributed by atoms with Crippen LogP contribution in [0, 0.1) is 0 Å². The number of hydrogen-bond donors (Lipinski definition) is 0. The molecule has 2 aromatic carbocycles. The van der Waals surface area contributed by atoms with Gasteiger partial charge in [-0.15, -0.1) is 0 Å². The third-order valence-electron chi connectivity index (χ3n) is 3.92. The van der Waals surface area contributed by atoms with Gasteiger partial charge in [-0.1, -0.05) is 24.3 Å². The highest BCUT2D eigenvalue weighted by atomic mass is 16.5. The highest BCUT2D eigenvalue weighted by Gasteiger charge is 2.12. The van der Waals surface area contributed by atoms with Gasteiger partial charge in [-0.2, -0.15) is 0 Å². The molecule has 0 amide bonds. The molecule has 26 heavy (non-hydrogen) atoms. The van der Waals surface area contributed by atoms with Crippen molar-refractivity contribution < 1.29 is 23.5 Å². The fourth-order valence-electron chi connectivity index (χ4n) is 2.68. The topological polar surface area (TPSA) is 65.7 Å². The van der Waals surface area contributed by atoms with E-state index < -0.39 is 0 Å². The molecule has 0 aliphatic rings. The Morgan fingerprint density at radius 1 is 1.15 bits per heavy atom. The van der Waals surface area contributed by atoms with Crippen LogP contribution in [-0.2, 0) is 9.53 Å². The number of hydrogen-bond acceptors (Lipinski definition) is 5. The minimum Gasteiger partial charge on any atom is -0.493 e. The van der Waals surface area contributed by atoms with E-state index in [1.807, 2.05) is 36.4 Å². The molecule has 0 aliphatic heterocycles. The van der Waals surface area contributed by atoms with Gasteiger partial charge in [0.1, 0.15) is 23.4 Å². The minimum atomic E-state index is -0.215. The van der Waals surface area contributed by atoms with Crippen LogP contribution in [0.5, 0.6) is 5.75 Å². The van der Waals surface area contributed by atoms with Gasteiger partial charge in [0.15, 0.2) is 0 Å². The number of esters is 1. The lowest BCUT2D eigenvalue weighted by atomic mass is 10.1. The average molecular weight is 352 g/mol. The van der Waals surface area contributed by atoms with Crippen molar-refractivity contribution in [3.63, 3.8) is 0 Å². The van der Waals surface area contributed by atoms with Crippen LogP contribution in [-0.4, -0.2) is 25.5 Å². The van der Waals surface area contributed by atoms with Gasteiger partial charge in [0.25, 0.3) is 0 Å². The van der Waals surface area contributed by atoms with Crippen molar-refractivity contribution in [3.05, 3.63) is 54.1 Å². The van der Waals surface area contributed by atoms with Crippen molar-refractivity contribution in [1.82, 2.24) is 0 Å². The van der Waals surface area contributed by atoms with Crippen molar-refractivity contribution >= 4 is 23.2 Å². The molecule has 0 N–H and O–H groups in total. The molecule has 0 saturated heterocycles. The zero-order valence-electron chi connectivity index (χ0n) is 14.6. The summed E-state index contributed by atoms with van der Waals surface area (Å²) in [5.41, 5.74) is 2.05. The molecule has 3 aromatic rings. The number of para-hydroxylation sites is 1. The van der Waals surface area contributed by atoms with Crippen LogP contribution in [0.2, 0.25) is 0 Å².